The lowest BCUT2D eigenvalue weighted by Crippen LogP contribution is -2.03. The molecule has 0 fully saturated rings. The Morgan fingerprint density at radius 1 is 1.32 bits per heavy atom. The number of nitrogens with zero attached hydrogens (tertiary/aromatic N) is 1. The van der Waals surface area contributed by atoms with Crippen LogP contribution in [-0.4, -0.2) is 25.2 Å². The van der Waals surface area contributed by atoms with E-state index >= 15 is 0 Å². The molecule has 1 N–H and O–H groups in total. The summed E-state index contributed by atoms with van der Waals surface area (Å²) >= 11 is 0. The normalized spacial score (nSPS) is 11.6. The zero-order valence-corrected chi connectivity index (χ0v) is 13.2. The van der Waals surface area contributed by atoms with E-state index in [1.165, 1.54) is 32.4 Å². The fraction of sp³-hybridized carbons (Fsp3) is 0.167. The molecular formula is C18H22FNO2. The second-order valence-corrected chi connectivity index (χ2v) is 4.13. The molecule has 0 spiro atoms. The first-order valence-corrected chi connectivity index (χ1v) is 6.58. The number of halogens is 1. The monoisotopic (exact) mass is 303 g/mol. The van der Waals surface area contributed by atoms with Gasteiger partial charge in [0, 0.05) is 7.05 Å². The van der Waals surface area contributed by atoms with Crippen LogP contribution in [0, 0.1) is 5.82 Å². The van der Waals surface area contributed by atoms with Crippen LogP contribution in [0.15, 0.2) is 72.3 Å². The van der Waals surface area contributed by atoms with E-state index in [9.17, 15) is 9.50 Å². The van der Waals surface area contributed by atoms with Gasteiger partial charge >= 0.3 is 0 Å². The number of aliphatic imine (C=N–C) groups is 1. The Morgan fingerprint density at radius 2 is 2.00 bits per heavy atom. The van der Waals surface area contributed by atoms with Gasteiger partial charge in [-0.15, -0.1) is 0 Å². The predicted octanol–water partition coefficient (Wildman–Crippen LogP) is 4.42. The van der Waals surface area contributed by atoms with Gasteiger partial charge < -0.3 is 9.84 Å². The van der Waals surface area contributed by atoms with Crippen LogP contribution in [0.4, 0.5) is 4.39 Å². The molecule has 4 heteroatoms. The maximum Gasteiger partial charge on any atom is 0.219 e. The average molecular weight is 303 g/mol. The van der Waals surface area contributed by atoms with E-state index in [1.807, 2.05) is 31.2 Å². The number of rotatable bonds is 4. The summed E-state index contributed by atoms with van der Waals surface area (Å²) in [6.45, 7) is 9.15. The molecule has 0 saturated heterocycles. The van der Waals surface area contributed by atoms with Gasteiger partial charge in [0.1, 0.15) is 11.6 Å². The Kier molecular flexibility index (Phi) is 9.76. The van der Waals surface area contributed by atoms with Crippen molar-refractivity contribution in [3.63, 3.8) is 0 Å². The fourth-order valence-electron chi connectivity index (χ4n) is 1.36. The molecule has 1 aromatic rings. The van der Waals surface area contributed by atoms with Crippen LogP contribution in [0.25, 0.3) is 0 Å². The number of aromatic hydroxyl groups is 1. The molecule has 0 saturated carbocycles. The van der Waals surface area contributed by atoms with Gasteiger partial charge in [0.25, 0.3) is 0 Å². The highest BCUT2D eigenvalue weighted by Crippen LogP contribution is 2.18. The van der Waals surface area contributed by atoms with E-state index in [0.29, 0.717) is 0 Å². The first-order chi connectivity index (χ1) is 10.5. The number of phenols is 1. The van der Waals surface area contributed by atoms with E-state index in [0.717, 1.165) is 5.57 Å². The highest BCUT2D eigenvalue weighted by Gasteiger charge is 2.09. The third-order valence-electron chi connectivity index (χ3n) is 2.51. The van der Waals surface area contributed by atoms with Crippen molar-refractivity contribution in [3.8, 4) is 5.75 Å². The Morgan fingerprint density at radius 3 is 2.50 bits per heavy atom. The van der Waals surface area contributed by atoms with Gasteiger partial charge in [-0.2, -0.15) is 0 Å². The molecule has 22 heavy (non-hydrogen) atoms. The third-order valence-corrected chi connectivity index (χ3v) is 2.51. The first-order valence-electron chi connectivity index (χ1n) is 6.58. The molecule has 0 aliphatic carbocycles. The largest absolute Gasteiger partial charge is 0.507 e. The lowest BCUT2D eigenvalue weighted by atomic mass is 10.2. The molecule has 0 atom stereocenters. The first kappa shape index (κ1) is 19.4. The molecule has 0 aliphatic rings. The standard InChI is InChI=1S/C9H10FNO2.C9H12/c1-11-9(13-2)7-5-6(10)3-4-8(7)12;1-4-6-7-8-9(3)5-2/h3-5,12H,1-2H3;4-8H,1-2H2,3H3/b;7-6-,9-8+. The molecule has 1 rings (SSSR count). The molecule has 0 aliphatic heterocycles. The maximum absolute atomic E-state index is 12.8. The molecule has 0 unspecified atom stereocenters. The summed E-state index contributed by atoms with van der Waals surface area (Å²) in [4.78, 5) is 3.75. The SMILES string of the molecule is C=C/C=C\C=C(/C)C=C.CN=C(OC)c1cc(F)ccc1O. The number of methoxy groups -OCH3 is 1. The van der Waals surface area contributed by atoms with E-state index in [4.69, 9.17) is 4.74 Å². The lowest BCUT2D eigenvalue weighted by Gasteiger charge is -2.05. The Bertz CT molecular complexity index is 587. The van der Waals surface area contributed by atoms with Crippen molar-refractivity contribution < 1.29 is 14.2 Å². The van der Waals surface area contributed by atoms with Gasteiger partial charge in [0.05, 0.1) is 12.7 Å². The van der Waals surface area contributed by atoms with Crippen molar-refractivity contribution >= 4 is 5.90 Å². The van der Waals surface area contributed by atoms with Crippen molar-refractivity contribution in [2.75, 3.05) is 14.2 Å². The minimum absolute atomic E-state index is 0.0520. The van der Waals surface area contributed by atoms with Gasteiger partial charge in [-0.05, 0) is 25.1 Å². The summed E-state index contributed by atoms with van der Waals surface area (Å²) in [5.41, 5.74) is 1.41. The van der Waals surface area contributed by atoms with Gasteiger partial charge in [-0.1, -0.05) is 49.1 Å². The number of hydrogen-bond acceptors (Lipinski definition) is 3. The molecule has 0 heterocycles. The summed E-state index contributed by atoms with van der Waals surface area (Å²) < 4.78 is 17.6. The van der Waals surface area contributed by atoms with Crippen molar-refractivity contribution in [3.05, 3.63) is 78.7 Å². The minimum Gasteiger partial charge on any atom is -0.507 e. The third kappa shape index (κ3) is 7.24. The summed E-state index contributed by atoms with van der Waals surface area (Å²) in [5.74, 6) is -0.285. The van der Waals surface area contributed by atoms with Crippen molar-refractivity contribution in [2.24, 2.45) is 4.99 Å². The summed E-state index contributed by atoms with van der Waals surface area (Å²) in [7, 11) is 2.91. The smallest absolute Gasteiger partial charge is 0.219 e. The van der Waals surface area contributed by atoms with Gasteiger partial charge in [-0.3, -0.25) is 4.99 Å². The zero-order chi connectivity index (χ0) is 17.0. The highest BCUT2D eigenvalue weighted by molar-refractivity contribution is 5.96. The molecule has 0 bridgehead atoms. The average Bonchev–Trinajstić information content (AvgIpc) is 2.52. The number of ether oxygens (including phenoxy) is 1. The summed E-state index contributed by atoms with van der Waals surface area (Å²) in [5, 5.41) is 9.34. The highest BCUT2D eigenvalue weighted by atomic mass is 19.1. The molecule has 118 valence electrons. The number of benzene rings is 1. The number of phenolic OH excluding ortho intramolecular Hbond substituents is 1. The molecule has 0 amide bonds. The molecule has 0 radical (unpaired) electrons. The van der Waals surface area contributed by atoms with Crippen LogP contribution in [0.3, 0.4) is 0 Å². The van der Waals surface area contributed by atoms with Crippen molar-refractivity contribution in [2.45, 2.75) is 6.92 Å². The van der Waals surface area contributed by atoms with Crippen LogP contribution in [0.2, 0.25) is 0 Å². The zero-order valence-electron chi connectivity index (χ0n) is 13.2. The second-order valence-electron chi connectivity index (χ2n) is 4.13. The predicted molar refractivity (Wildman–Crippen MR) is 90.8 cm³/mol. The molecule has 1 aromatic carbocycles. The van der Waals surface area contributed by atoms with E-state index < -0.39 is 5.82 Å². The molecule has 0 aromatic heterocycles. The van der Waals surface area contributed by atoms with Crippen LogP contribution < -0.4 is 0 Å². The van der Waals surface area contributed by atoms with Gasteiger partial charge in [-0.25, -0.2) is 4.39 Å². The lowest BCUT2D eigenvalue weighted by molar-refractivity contribution is 0.398. The minimum atomic E-state index is -0.439. The number of allylic oxidation sites excluding steroid dienone is 6. The fourth-order valence-corrected chi connectivity index (χ4v) is 1.36. The Hall–Kier alpha value is -2.62. The molecular weight excluding hydrogens is 281 g/mol. The van der Waals surface area contributed by atoms with E-state index in [2.05, 4.69) is 18.2 Å². The van der Waals surface area contributed by atoms with Crippen molar-refractivity contribution in [1.29, 1.82) is 0 Å². The van der Waals surface area contributed by atoms with Crippen LogP contribution >= 0.6 is 0 Å². The van der Waals surface area contributed by atoms with E-state index in [-0.39, 0.29) is 17.2 Å². The van der Waals surface area contributed by atoms with E-state index in [1.54, 1.807) is 6.08 Å². The summed E-state index contributed by atoms with van der Waals surface area (Å²) in [6.07, 6.45) is 9.35. The van der Waals surface area contributed by atoms with Gasteiger partial charge in [0.2, 0.25) is 5.90 Å². The van der Waals surface area contributed by atoms with Crippen LogP contribution in [0.5, 0.6) is 5.75 Å². The van der Waals surface area contributed by atoms with Crippen LogP contribution in [-0.2, 0) is 4.74 Å². The maximum atomic E-state index is 12.8. The van der Waals surface area contributed by atoms with Crippen molar-refractivity contribution in [1.82, 2.24) is 0 Å². The van der Waals surface area contributed by atoms with Gasteiger partial charge in [0.15, 0.2) is 0 Å². The topological polar surface area (TPSA) is 41.8 Å². The number of hydrogen-bond donors (Lipinski definition) is 1. The summed E-state index contributed by atoms with van der Waals surface area (Å²) in [6, 6.07) is 3.60. The van der Waals surface area contributed by atoms with Crippen LogP contribution in [0.1, 0.15) is 12.5 Å². The quantitative estimate of drug-likeness (QED) is 0.508. The molecule has 3 nitrogen and oxygen atoms in total. The Labute approximate surface area is 131 Å². The Balaban J connectivity index is 0.000000433. The second kappa shape index (κ2) is 11.1.